The van der Waals surface area contributed by atoms with Crippen LogP contribution in [0.5, 0.6) is 0 Å². The van der Waals surface area contributed by atoms with Crippen molar-refractivity contribution < 1.29 is 43.7 Å². The van der Waals surface area contributed by atoms with E-state index < -0.39 is 40.7 Å². The van der Waals surface area contributed by atoms with Crippen LogP contribution < -0.4 is 5.32 Å². The molecule has 0 saturated carbocycles. The third-order valence-corrected chi connectivity index (χ3v) is 3.49. The van der Waals surface area contributed by atoms with Crippen molar-refractivity contribution in [1.82, 2.24) is 5.32 Å². The van der Waals surface area contributed by atoms with Crippen LogP contribution in [-0.4, -0.2) is 60.5 Å². The fourth-order valence-electron chi connectivity index (χ4n) is 2.04. The lowest BCUT2D eigenvalue weighted by Gasteiger charge is -2.18. The molecule has 0 fully saturated rings. The molecule has 172 valence electrons. The van der Waals surface area contributed by atoms with E-state index in [9.17, 15) is 34.6 Å². The van der Waals surface area contributed by atoms with Crippen LogP contribution in [-0.2, 0) is 33.5 Å². The zero-order valence-corrected chi connectivity index (χ0v) is 16.7. The van der Waals surface area contributed by atoms with E-state index in [0.717, 1.165) is 12.8 Å². The lowest BCUT2D eigenvalue weighted by molar-refractivity contribution is -0.757. The number of rotatable bonds is 18. The van der Waals surface area contributed by atoms with Gasteiger partial charge < -0.3 is 24.5 Å². The maximum atomic E-state index is 12.2. The van der Waals surface area contributed by atoms with Crippen molar-refractivity contribution >= 4 is 17.8 Å². The van der Waals surface area contributed by atoms with Gasteiger partial charge in [-0.05, 0) is 19.3 Å². The van der Waals surface area contributed by atoms with Crippen LogP contribution in [0.15, 0.2) is 0 Å². The molecule has 1 unspecified atom stereocenters. The summed E-state index contributed by atoms with van der Waals surface area (Å²) in [6.45, 7) is 1.06. The number of nitrogens with one attached hydrogen (secondary N) is 1. The van der Waals surface area contributed by atoms with E-state index in [2.05, 4.69) is 15.0 Å². The summed E-state index contributed by atoms with van der Waals surface area (Å²) in [7, 11) is 0. The van der Waals surface area contributed by atoms with Gasteiger partial charge in [0.15, 0.2) is 6.04 Å². The first-order chi connectivity index (χ1) is 14.3. The molecule has 1 N–H and O–H groups in total. The SMILES string of the molecule is CCCCCOC(=O)C(COC(=O)CCCO[N+](=O)[O-])NC(=O)CCCO[N+](=O)[O-]. The molecule has 0 aliphatic carbocycles. The highest BCUT2D eigenvalue weighted by Crippen LogP contribution is 2.01. The van der Waals surface area contributed by atoms with E-state index >= 15 is 0 Å². The molecule has 0 rings (SSSR count). The van der Waals surface area contributed by atoms with Gasteiger partial charge in [0, 0.05) is 12.8 Å². The fourth-order valence-corrected chi connectivity index (χ4v) is 2.04. The molecule has 0 aromatic heterocycles. The number of carbonyl (C=O) groups is 3. The van der Waals surface area contributed by atoms with Crippen molar-refractivity contribution in [2.24, 2.45) is 0 Å². The highest BCUT2D eigenvalue weighted by molar-refractivity contribution is 5.84. The standard InChI is InChI=1S/C16H27N3O11/c1-2-3-4-9-27-16(22)13(17-14(20)7-5-10-29-18(23)24)12-28-15(21)8-6-11-30-19(25)26/h13H,2-12H2,1H3,(H,17,20). The first kappa shape index (κ1) is 26.8. The van der Waals surface area contributed by atoms with Crippen molar-refractivity contribution in [3.8, 4) is 0 Å². The number of amides is 1. The summed E-state index contributed by atoms with van der Waals surface area (Å²) in [4.78, 5) is 64.0. The third kappa shape index (κ3) is 15.8. The summed E-state index contributed by atoms with van der Waals surface area (Å²) >= 11 is 0. The number of nitrogens with zero attached hydrogens (tertiary/aromatic N) is 2. The van der Waals surface area contributed by atoms with Crippen molar-refractivity contribution in [3.05, 3.63) is 20.2 Å². The first-order valence-corrected chi connectivity index (χ1v) is 9.42. The topological polar surface area (TPSA) is 186 Å². The van der Waals surface area contributed by atoms with E-state index in [1.165, 1.54) is 0 Å². The fraction of sp³-hybridized carbons (Fsp3) is 0.812. The van der Waals surface area contributed by atoms with E-state index in [1.54, 1.807) is 0 Å². The number of unbranched alkanes of at least 4 members (excludes halogenated alkanes) is 2. The highest BCUT2D eigenvalue weighted by Gasteiger charge is 2.24. The van der Waals surface area contributed by atoms with Gasteiger partial charge in [-0.2, -0.15) is 0 Å². The minimum absolute atomic E-state index is 0.0365. The second-order valence-electron chi connectivity index (χ2n) is 6.00. The van der Waals surface area contributed by atoms with Crippen molar-refractivity contribution in [3.63, 3.8) is 0 Å². The van der Waals surface area contributed by atoms with Crippen LogP contribution in [0.1, 0.15) is 51.9 Å². The highest BCUT2D eigenvalue weighted by atomic mass is 17.0. The van der Waals surface area contributed by atoms with Gasteiger partial charge in [-0.25, -0.2) is 4.79 Å². The Balaban J connectivity index is 4.49. The number of hydrogen-bond donors (Lipinski definition) is 1. The first-order valence-electron chi connectivity index (χ1n) is 9.42. The quantitative estimate of drug-likeness (QED) is 0.138. The van der Waals surface area contributed by atoms with E-state index in [0.29, 0.717) is 6.42 Å². The molecule has 0 aromatic rings. The molecule has 0 heterocycles. The van der Waals surface area contributed by atoms with Gasteiger partial charge in [-0.1, -0.05) is 19.8 Å². The van der Waals surface area contributed by atoms with Crippen LogP contribution in [0.2, 0.25) is 0 Å². The van der Waals surface area contributed by atoms with Crippen LogP contribution >= 0.6 is 0 Å². The van der Waals surface area contributed by atoms with Crippen LogP contribution in [0.25, 0.3) is 0 Å². The van der Waals surface area contributed by atoms with Crippen LogP contribution in [0.4, 0.5) is 0 Å². The molecule has 0 bridgehead atoms. The number of hydrogen-bond acceptors (Lipinski definition) is 11. The number of carbonyl (C=O) groups excluding carboxylic acids is 3. The lowest BCUT2D eigenvalue weighted by Crippen LogP contribution is -2.45. The molecule has 14 heteroatoms. The predicted octanol–water partition coefficient (Wildman–Crippen LogP) is 0.725. The Morgan fingerprint density at radius 2 is 1.47 bits per heavy atom. The molecular weight excluding hydrogens is 410 g/mol. The summed E-state index contributed by atoms with van der Waals surface area (Å²) in [5.74, 6) is -2.13. The van der Waals surface area contributed by atoms with Crippen LogP contribution in [0.3, 0.4) is 0 Å². The Labute approximate surface area is 172 Å². The maximum Gasteiger partial charge on any atom is 0.332 e. The summed E-state index contributed by atoms with van der Waals surface area (Å²) in [6.07, 6.45) is 2.15. The molecule has 0 aromatic carbocycles. The third-order valence-electron chi connectivity index (χ3n) is 3.49. The number of esters is 2. The van der Waals surface area contributed by atoms with Gasteiger partial charge in [0.25, 0.3) is 10.2 Å². The van der Waals surface area contributed by atoms with E-state index in [-0.39, 0.29) is 45.5 Å². The minimum atomic E-state index is -1.26. The Hall–Kier alpha value is -3.19. The Bertz CT molecular complexity index is 571. The molecule has 0 spiro atoms. The minimum Gasteiger partial charge on any atom is -0.464 e. The summed E-state index contributed by atoms with van der Waals surface area (Å²) in [5, 5.41) is 20.5. The zero-order chi connectivity index (χ0) is 22.8. The normalized spacial score (nSPS) is 11.1. The average molecular weight is 437 g/mol. The second-order valence-corrected chi connectivity index (χ2v) is 6.00. The van der Waals surface area contributed by atoms with E-state index in [1.807, 2.05) is 6.92 Å². The van der Waals surface area contributed by atoms with Gasteiger partial charge >= 0.3 is 11.9 Å². The molecule has 0 radical (unpaired) electrons. The smallest absolute Gasteiger partial charge is 0.332 e. The molecule has 14 nitrogen and oxygen atoms in total. The second kappa shape index (κ2) is 16.7. The summed E-state index contributed by atoms with van der Waals surface area (Å²) in [6, 6.07) is -1.26. The summed E-state index contributed by atoms with van der Waals surface area (Å²) < 4.78 is 9.99. The summed E-state index contributed by atoms with van der Waals surface area (Å²) in [5.41, 5.74) is 0. The largest absolute Gasteiger partial charge is 0.464 e. The molecule has 30 heavy (non-hydrogen) atoms. The Morgan fingerprint density at radius 3 is 2.03 bits per heavy atom. The molecule has 1 atom stereocenters. The van der Waals surface area contributed by atoms with E-state index in [4.69, 9.17) is 9.47 Å². The molecule has 0 aliphatic heterocycles. The van der Waals surface area contributed by atoms with Gasteiger partial charge in [-0.3, -0.25) is 9.59 Å². The zero-order valence-electron chi connectivity index (χ0n) is 16.7. The van der Waals surface area contributed by atoms with Crippen molar-refractivity contribution in [1.29, 1.82) is 0 Å². The predicted molar refractivity (Wildman–Crippen MR) is 97.7 cm³/mol. The number of ether oxygens (including phenoxy) is 2. The lowest BCUT2D eigenvalue weighted by atomic mass is 10.2. The van der Waals surface area contributed by atoms with Gasteiger partial charge in [0.2, 0.25) is 5.91 Å². The molecule has 0 aliphatic rings. The maximum absolute atomic E-state index is 12.2. The van der Waals surface area contributed by atoms with Crippen LogP contribution in [0, 0.1) is 20.2 Å². The average Bonchev–Trinajstić information content (AvgIpc) is 2.68. The van der Waals surface area contributed by atoms with Gasteiger partial charge in [-0.15, -0.1) is 20.2 Å². The van der Waals surface area contributed by atoms with Gasteiger partial charge in [0.1, 0.15) is 6.61 Å². The Kier molecular flexibility index (Phi) is 15.0. The molecule has 0 saturated heterocycles. The molecule has 1 amide bonds. The van der Waals surface area contributed by atoms with Crippen molar-refractivity contribution in [2.75, 3.05) is 26.4 Å². The van der Waals surface area contributed by atoms with Crippen molar-refractivity contribution in [2.45, 2.75) is 57.9 Å². The molecular formula is C16H27N3O11. The Morgan fingerprint density at radius 1 is 0.867 bits per heavy atom. The van der Waals surface area contributed by atoms with Gasteiger partial charge in [0.05, 0.1) is 19.8 Å². The monoisotopic (exact) mass is 437 g/mol.